The summed E-state index contributed by atoms with van der Waals surface area (Å²) >= 11 is 6.21. The molecule has 2 aromatic heterocycles. The van der Waals surface area contributed by atoms with E-state index in [1.165, 1.54) is 19.3 Å². The second-order valence-electron chi connectivity index (χ2n) is 8.44. The molecule has 6 nitrogen and oxygen atoms in total. The van der Waals surface area contributed by atoms with Crippen molar-refractivity contribution in [2.75, 3.05) is 0 Å². The average Bonchev–Trinajstić information content (AvgIpc) is 3.29. The summed E-state index contributed by atoms with van der Waals surface area (Å²) in [7, 11) is 0. The first kappa shape index (κ1) is 18.3. The Kier molecular flexibility index (Phi) is 4.62. The van der Waals surface area contributed by atoms with Gasteiger partial charge in [-0.15, -0.1) is 5.10 Å². The van der Waals surface area contributed by atoms with Crippen LogP contribution in [0.2, 0.25) is 5.15 Å². The molecule has 27 heavy (non-hydrogen) atoms. The van der Waals surface area contributed by atoms with E-state index >= 15 is 0 Å². The van der Waals surface area contributed by atoms with Crippen LogP contribution in [0.25, 0.3) is 5.82 Å². The van der Waals surface area contributed by atoms with Crippen LogP contribution in [0.15, 0.2) is 24.4 Å². The summed E-state index contributed by atoms with van der Waals surface area (Å²) in [4.78, 5) is 16.5. The van der Waals surface area contributed by atoms with Crippen LogP contribution in [-0.2, 0) is 4.74 Å². The van der Waals surface area contributed by atoms with Gasteiger partial charge in [0.1, 0.15) is 16.9 Å². The molecule has 7 heteroatoms. The molecule has 0 amide bonds. The normalized spacial score (nSPS) is 24.2. The Labute approximate surface area is 163 Å². The van der Waals surface area contributed by atoms with E-state index in [2.05, 4.69) is 10.1 Å². The van der Waals surface area contributed by atoms with Gasteiger partial charge < -0.3 is 9.47 Å². The highest BCUT2D eigenvalue weighted by molar-refractivity contribution is 6.32. The van der Waals surface area contributed by atoms with Gasteiger partial charge in [0, 0.05) is 12.3 Å². The van der Waals surface area contributed by atoms with Crippen LogP contribution in [0.4, 0.5) is 0 Å². The minimum absolute atomic E-state index is 0.0906. The average molecular weight is 390 g/mol. The number of carbonyl (C=O) groups is 1. The van der Waals surface area contributed by atoms with Crippen molar-refractivity contribution in [1.29, 1.82) is 0 Å². The van der Waals surface area contributed by atoms with Crippen LogP contribution in [0, 0.1) is 11.8 Å². The molecule has 3 atom stereocenters. The zero-order valence-corrected chi connectivity index (χ0v) is 16.6. The smallest absolute Gasteiger partial charge is 0.341 e. The predicted molar refractivity (Wildman–Crippen MR) is 101 cm³/mol. The summed E-state index contributed by atoms with van der Waals surface area (Å²) in [6.07, 6.45) is 7.08. The zero-order chi connectivity index (χ0) is 19.2. The third-order valence-electron chi connectivity index (χ3n) is 5.20. The number of nitrogens with zero attached hydrogens (tertiary/aromatic N) is 3. The Morgan fingerprint density at radius 1 is 1.22 bits per heavy atom. The lowest BCUT2D eigenvalue weighted by atomic mass is 9.98. The van der Waals surface area contributed by atoms with Crippen LogP contribution >= 0.6 is 11.6 Å². The maximum Gasteiger partial charge on any atom is 0.341 e. The van der Waals surface area contributed by atoms with Gasteiger partial charge in [0.2, 0.25) is 5.88 Å². The second kappa shape index (κ2) is 6.82. The highest BCUT2D eigenvalue weighted by Gasteiger charge is 2.41. The molecule has 2 aliphatic rings. The van der Waals surface area contributed by atoms with Crippen LogP contribution in [-0.4, -0.2) is 32.4 Å². The van der Waals surface area contributed by atoms with Crippen LogP contribution < -0.4 is 4.74 Å². The van der Waals surface area contributed by atoms with E-state index in [9.17, 15) is 4.79 Å². The van der Waals surface area contributed by atoms with Crippen LogP contribution in [0.3, 0.4) is 0 Å². The van der Waals surface area contributed by atoms with E-state index in [4.69, 9.17) is 21.1 Å². The Morgan fingerprint density at radius 3 is 2.67 bits per heavy atom. The highest BCUT2D eigenvalue weighted by atomic mass is 35.5. The minimum Gasteiger partial charge on any atom is -0.473 e. The van der Waals surface area contributed by atoms with Gasteiger partial charge in [-0.05, 0) is 70.4 Å². The van der Waals surface area contributed by atoms with Gasteiger partial charge in [-0.1, -0.05) is 11.6 Å². The summed E-state index contributed by atoms with van der Waals surface area (Å²) in [5, 5.41) is 4.55. The van der Waals surface area contributed by atoms with Gasteiger partial charge in [-0.25, -0.2) is 14.5 Å². The number of pyridine rings is 1. The third kappa shape index (κ3) is 3.95. The molecule has 0 aliphatic heterocycles. The number of aromatic nitrogens is 3. The second-order valence-corrected chi connectivity index (χ2v) is 8.80. The molecule has 144 valence electrons. The van der Waals surface area contributed by atoms with E-state index in [0.717, 1.165) is 12.3 Å². The van der Waals surface area contributed by atoms with Crippen molar-refractivity contribution < 1.29 is 14.3 Å². The lowest BCUT2D eigenvalue weighted by Crippen LogP contribution is -2.24. The number of halogens is 1. The Balaban J connectivity index is 1.47. The summed E-state index contributed by atoms with van der Waals surface area (Å²) < 4.78 is 13.0. The largest absolute Gasteiger partial charge is 0.473 e. The fourth-order valence-electron chi connectivity index (χ4n) is 4.02. The van der Waals surface area contributed by atoms with Gasteiger partial charge in [0.15, 0.2) is 5.82 Å². The molecular formula is C20H24ClN3O3. The zero-order valence-electron chi connectivity index (χ0n) is 15.8. The predicted octanol–water partition coefficient (Wildman–Crippen LogP) is 4.44. The number of hydrogen-bond donors (Lipinski definition) is 0. The molecule has 4 rings (SSSR count). The fraction of sp³-hybridized carbons (Fsp3) is 0.550. The van der Waals surface area contributed by atoms with Gasteiger partial charge in [-0.2, -0.15) is 0 Å². The van der Waals surface area contributed by atoms with Crippen molar-refractivity contribution in [3.05, 3.63) is 35.1 Å². The van der Waals surface area contributed by atoms with Gasteiger partial charge >= 0.3 is 5.97 Å². The molecule has 0 N–H and O–H groups in total. The maximum absolute atomic E-state index is 12.2. The lowest BCUT2D eigenvalue weighted by molar-refractivity contribution is 0.00693. The van der Waals surface area contributed by atoms with Crippen LogP contribution in [0.1, 0.15) is 56.8 Å². The standard InChI is InChI=1S/C20H24ClN3O3/c1-20(2,3)27-19(25)14-6-7-16(22-18(14)21)24-9-8-17(23-24)26-15-11-12-4-5-13(15)10-12/h6-9,12-13,15H,4-5,10-11H2,1-3H3/t12-,13+,15+/m1/s1. The molecule has 2 aromatic rings. The Hall–Kier alpha value is -2.08. The van der Waals surface area contributed by atoms with E-state index < -0.39 is 11.6 Å². The number of carbonyl (C=O) groups excluding carboxylic acids is 1. The van der Waals surface area contributed by atoms with Crippen molar-refractivity contribution >= 4 is 17.6 Å². The molecule has 0 aromatic carbocycles. The Bertz CT molecular complexity index is 858. The quantitative estimate of drug-likeness (QED) is 0.571. The summed E-state index contributed by atoms with van der Waals surface area (Å²) in [5.74, 6) is 2.12. The third-order valence-corrected chi connectivity index (χ3v) is 5.49. The molecule has 0 unspecified atom stereocenters. The number of hydrogen-bond acceptors (Lipinski definition) is 5. The van der Waals surface area contributed by atoms with Crippen molar-refractivity contribution in [2.24, 2.45) is 11.8 Å². The summed E-state index contributed by atoms with van der Waals surface area (Å²) in [6, 6.07) is 5.14. The molecule has 2 heterocycles. The van der Waals surface area contributed by atoms with Gasteiger partial charge in [-0.3, -0.25) is 0 Å². The summed E-state index contributed by atoms with van der Waals surface area (Å²) in [6.45, 7) is 5.42. The first-order valence-electron chi connectivity index (χ1n) is 9.41. The van der Waals surface area contributed by atoms with E-state index in [0.29, 0.717) is 17.6 Å². The SMILES string of the molecule is CC(C)(C)OC(=O)c1ccc(-n2ccc(O[C@H]3C[C@@H]4CC[C@H]3C4)n2)nc1Cl. The Morgan fingerprint density at radius 2 is 2.04 bits per heavy atom. The van der Waals surface area contributed by atoms with Crippen molar-refractivity contribution in [3.63, 3.8) is 0 Å². The maximum atomic E-state index is 12.2. The molecule has 2 bridgehead atoms. The highest BCUT2D eigenvalue weighted by Crippen LogP contribution is 2.45. The molecule has 0 radical (unpaired) electrons. The first-order valence-corrected chi connectivity index (χ1v) is 9.79. The summed E-state index contributed by atoms with van der Waals surface area (Å²) in [5.41, 5.74) is -0.353. The molecule has 2 aliphatic carbocycles. The van der Waals surface area contributed by atoms with Gasteiger partial charge in [0.05, 0.1) is 5.56 Å². The number of ether oxygens (including phenoxy) is 2. The van der Waals surface area contributed by atoms with Gasteiger partial charge in [0.25, 0.3) is 0 Å². The van der Waals surface area contributed by atoms with E-state index in [-0.39, 0.29) is 16.8 Å². The van der Waals surface area contributed by atoms with Crippen molar-refractivity contribution in [1.82, 2.24) is 14.8 Å². The lowest BCUT2D eigenvalue weighted by Gasteiger charge is -2.21. The van der Waals surface area contributed by atoms with Crippen LogP contribution in [0.5, 0.6) is 5.88 Å². The number of esters is 1. The fourth-order valence-corrected chi connectivity index (χ4v) is 4.25. The number of fused-ring (bicyclic) bond motifs is 2. The minimum atomic E-state index is -0.590. The van der Waals surface area contributed by atoms with E-state index in [1.54, 1.807) is 23.0 Å². The molecule has 2 saturated carbocycles. The molecule has 2 fully saturated rings. The first-order chi connectivity index (χ1) is 12.8. The monoisotopic (exact) mass is 389 g/mol. The molecule has 0 spiro atoms. The number of rotatable bonds is 4. The molecule has 0 saturated heterocycles. The van der Waals surface area contributed by atoms with E-state index in [1.807, 2.05) is 26.8 Å². The topological polar surface area (TPSA) is 66.2 Å². The molecular weight excluding hydrogens is 366 g/mol. The van der Waals surface area contributed by atoms with Crippen molar-refractivity contribution in [2.45, 2.75) is 58.2 Å². The van der Waals surface area contributed by atoms with Crippen molar-refractivity contribution in [3.8, 4) is 11.7 Å².